The summed E-state index contributed by atoms with van der Waals surface area (Å²) >= 11 is 13.6. The second-order valence-electron chi connectivity index (χ2n) is 5.64. The van der Waals surface area contributed by atoms with Crippen LogP contribution in [0.3, 0.4) is 0 Å². The number of halogens is 2. The molecule has 0 bridgehead atoms. The van der Waals surface area contributed by atoms with Crippen molar-refractivity contribution in [2.45, 2.75) is 18.7 Å². The molecule has 25 heavy (non-hydrogen) atoms. The first-order valence-corrected chi connectivity index (χ1v) is 9.64. The number of hydrogen-bond acceptors (Lipinski definition) is 4. The number of rotatable bonds is 6. The van der Waals surface area contributed by atoms with Gasteiger partial charge in [0.1, 0.15) is 0 Å². The molecule has 0 radical (unpaired) electrons. The summed E-state index contributed by atoms with van der Waals surface area (Å²) in [5.41, 5.74) is 1.94. The van der Waals surface area contributed by atoms with Crippen LogP contribution in [0.25, 0.3) is 0 Å². The van der Waals surface area contributed by atoms with E-state index in [1.54, 1.807) is 23.9 Å². The second kappa shape index (κ2) is 8.21. The SMILES string of the molecule is C[C@@H](NC(=O)CSCc1ccc2c(c1)OCO2)c1ccc(Cl)cc1Cl. The van der Waals surface area contributed by atoms with Crippen LogP contribution in [-0.2, 0) is 10.5 Å². The van der Waals surface area contributed by atoms with Crippen molar-refractivity contribution in [3.8, 4) is 11.5 Å². The van der Waals surface area contributed by atoms with E-state index in [-0.39, 0.29) is 18.7 Å². The highest BCUT2D eigenvalue weighted by Gasteiger charge is 2.15. The van der Waals surface area contributed by atoms with Crippen molar-refractivity contribution in [3.63, 3.8) is 0 Å². The lowest BCUT2D eigenvalue weighted by atomic mass is 10.1. The van der Waals surface area contributed by atoms with Gasteiger partial charge in [-0.15, -0.1) is 11.8 Å². The zero-order chi connectivity index (χ0) is 17.8. The highest BCUT2D eigenvalue weighted by molar-refractivity contribution is 7.99. The second-order valence-corrected chi connectivity index (χ2v) is 7.46. The molecule has 1 amide bonds. The Morgan fingerprint density at radius 2 is 2.00 bits per heavy atom. The maximum absolute atomic E-state index is 12.1. The maximum atomic E-state index is 12.1. The number of carbonyl (C=O) groups excluding carboxylic acids is 1. The van der Waals surface area contributed by atoms with Gasteiger partial charge in [0.2, 0.25) is 12.7 Å². The summed E-state index contributed by atoms with van der Waals surface area (Å²) in [5.74, 6) is 2.57. The molecule has 0 fully saturated rings. The van der Waals surface area contributed by atoms with Crippen molar-refractivity contribution in [3.05, 3.63) is 57.6 Å². The molecule has 7 heteroatoms. The minimum atomic E-state index is -0.177. The summed E-state index contributed by atoms with van der Waals surface area (Å²) in [6, 6.07) is 10.9. The zero-order valence-corrected chi connectivity index (χ0v) is 15.9. The fourth-order valence-corrected chi connectivity index (χ4v) is 3.86. The Bertz CT molecular complexity index is 785. The predicted molar refractivity (Wildman–Crippen MR) is 102 cm³/mol. The van der Waals surface area contributed by atoms with Gasteiger partial charge in [-0.1, -0.05) is 35.3 Å². The zero-order valence-electron chi connectivity index (χ0n) is 13.6. The van der Waals surface area contributed by atoms with Crippen LogP contribution in [0.4, 0.5) is 0 Å². The molecule has 132 valence electrons. The summed E-state index contributed by atoms with van der Waals surface area (Å²) in [6.07, 6.45) is 0. The van der Waals surface area contributed by atoms with Gasteiger partial charge >= 0.3 is 0 Å². The minimum Gasteiger partial charge on any atom is -0.454 e. The van der Waals surface area contributed by atoms with E-state index in [0.29, 0.717) is 15.8 Å². The van der Waals surface area contributed by atoms with Crippen LogP contribution in [0.15, 0.2) is 36.4 Å². The number of nitrogens with one attached hydrogen (secondary N) is 1. The number of fused-ring (bicyclic) bond motifs is 1. The van der Waals surface area contributed by atoms with Crippen molar-refractivity contribution in [2.24, 2.45) is 0 Å². The molecule has 0 aliphatic carbocycles. The van der Waals surface area contributed by atoms with Crippen molar-refractivity contribution in [2.75, 3.05) is 12.5 Å². The fourth-order valence-electron chi connectivity index (χ4n) is 2.51. The van der Waals surface area contributed by atoms with Crippen LogP contribution in [0.5, 0.6) is 11.5 Å². The molecule has 0 aromatic heterocycles. The quantitative estimate of drug-likeness (QED) is 0.757. The first kappa shape index (κ1) is 18.2. The molecular formula is C18H17Cl2NO3S. The van der Waals surface area contributed by atoms with Gasteiger partial charge in [-0.05, 0) is 42.3 Å². The monoisotopic (exact) mass is 397 g/mol. The van der Waals surface area contributed by atoms with E-state index in [1.165, 1.54) is 0 Å². The van der Waals surface area contributed by atoms with Gasteiger partial charge < -0.3 is 14.8 Å². The number of benzene rings is 2. The lowest BCUT2D eigenvalue weighted by Crippen LogP contribution is -2.28. The summed E-state index contributed by atoms with van der Waals surface area (Å²) in [4.78, 5) is 12.1. The topological polar surface area (TPSA) is 47.6 Å². The van der Waals surface area contributed by atoms with E-state index in [0.717, 1.165) is 28.4 Å². The highest BCUT2D eigenvalue weighted by Crippen LogP contribution is 2.33. The number of amides is 1. The molecule has 2 aromatic carbocycles. The number of thioether (sulfide) groups is 1. The van der Waals surface area contributed by atoms with Gasteiger partial charge in [-0.25, -0.2) is 0 Å². The summed E-state index contributed by atoms with van der Waals surface area (Å²) < 4.78 is 10.6. The Hall–Kier alpha value is -1.56. The van der Waals surface area contributed by atoms with E-state index in [9.17, 15) is 4.79 Å². The molecule has 1 aliphatic rings. The van der Waals surface area contributed by atoms with Gasteiger partial charge in [-0.3, -0.25) is 4.79 Å². The van der Waals surface area contributed by atoms with Gasteiger partial charge in [-0.2, -0.15) is 0 Å². The lowest BCUT2D eigenvalue weighted by molar-refractivity contribution is -0.119. The van der Waals surface area contributed by atoms with Crippen LogP contribution in [0, 0.1) is 0 Å². The van der Waals surface area contributed by atoms with Crippen molar-refractivity contribution < 1.29 is 14.3 Å². The Morgan fingerprint density at radius 1 is 1.20 bits per heavy atom. The molecule has 3 rings (SSSR count). The van der Waals surface area contributed by atoms with Crippen LogP contribution in [-0.4, -0.2) is 18.5 Å². The number of carbonyl (C=O) groups is 1. The maximum Gasteiger partial charge on any atom is 0.231 e. The lowest BCUT2D eigenvalue weighted by Gasteiger charge is -2.16. The molecular weight excluding hydrogens is 381 g/mol. The summed E-state index contributed by atoms with van der Waals surface area (Å²) in [6.45, 7) is 2.16. The molecule has 0 saturated heterocycles. The fraction of sp³-hybridized carbons (Fsp3) is 0.278. The molecule has 1 aliphatic heterocycles. The average Bonchev–Trinajstić information content (AvgIpc) is 3.02. The predicted octanol–water partition coefficient (Wildman–Crippen LogP) is 4.83. The molecule has 0 saturated carbocycles. The molecule has 2 aromatic rings. The Morgan fingerprint density at radius 3 is 2.80 bits per heavy atom. The van der Waals surface area contributed by atoms with E-state index in [4.69, 9.17) is 32.7 Å². The summed E-state index contributed by atoms with van der Waals surface area (Å²) in [7, 11) is 0. The van der Waals surface area contributed by atoms with Gasteiger partial charge in [0, 0.05) is 15.8 Å². The van der Waals surface area contributed by atoms with Crippen LogP contribution < -0.4 is 14.8 Å². The van der Waals surface area contributed by atoms with Crippen molar-refractivity contribution in [1.29, 1.82) is 0 Å². The molecule has 0 spiro atoms. The average molecular weight is 398 g/mol. The summed E-state index contributed by atoms with van der Waals surface area (Å²) in [5, 5.41) is 4.08. The third kappa shape index (κ3) is 4.75. The normalized spacial score (nSPS) is 13.6. The third-order valence-corrected chi connectivity index (χ3v) is 5.31. The number of hydrogen-bond donors (Lipinski definition) is 1. The largest absolute Gasteiger partial charge is 0.454 e. The molecule has 1 heterocycles. The molecule has 1 atom stereocenters. The third-order valence-electron chi connectivity index (χ3n) is 3.75. The Labute approximate surface area is 160 Å². The first-order chi connectivity index (χ1) is 12.0. The van der Waals surface area contributed by atoms with E-state index in [1.807, 2.05) is 31.2 Å². The first-order valence-electron chi connectivity index (χ1n) is 7.73. The van der Waals surface area contributed by atoms with Crippen LogP contribution >= 0.6 is 35.0 Å². The van der Waals surface area contributed by atoms with E-state index < -0.39 is 0 Å². The van der Waals surface area contributed by atoms with E-state index in [2.05, 4.69) is 5.32 Å². The minimum absolute atomic E-state index is 0.0377. The standard InChI is InChI=1S/C18H17Cl2NO3S/c1-11(14-4-3-13(19)7-15(14)20)21-18(22)9-25-8-12-2-5-16-17(6-12)24-10-23-16/h2-7,11H,8-10H2,1H3,(H,21,22)/t11-/m1/s1. The Balaban J connectivity index is 1.48. The highest BCUT2D eigenvalue weighted by atomic mass is 35.5. The number of ether oxygens (including phenoxy) is 2. The van der Waals surface area contributed by atoms with Gasteiger partial charge in [0.25, 0.3) is 0 Å². The van der Waals surface area contributed by atoms with Crippen molar-refractivity contribution in [1.82, 2.24) is 5.32 Å². The van der Waals surface area contributed by atoms with Crippen LogP contribution in [0.1, 0.15) is 24.1 Å². The smallest absolute Gasteiger partial charge is 0.231 e. The van der Waals surface area contributed by atoms with E-state index >= 15 is 0 Å². The van der Waals surface area contributed by atoms with Crippen molar-refractivity contribution >= 4 is 40.9 Å². The van der Waals surface area contributed by atoms with Crippen LogP contribution in [0.2, 0.25) is 10.0 Å². The molecule has 0 unspecified atom stereocenters. The van der Waals surface area contributed by atoms with Gasteiger partial charge in [0.15, 0.2) is 11.5 Å². The Kier molecular flexibility index (Phi) is 5.99. The molecule has 4 nitrogen and oxygen atoms in total. The molecule has 1 N–H and O–H groups in total. The van der Waals surface area contributed by atoms with Gasteiger partial charge in [0.05, 0.1) is 11.8 Å².